The van der Waals surface area contributed by atoms with Gasteiger partial charge in [0.1, 0.15) is 0 Å². The quantitative estimate of drug-likeness (QED) is 0.756. The molecule has 4 nitrogen and oxygen atoms in total. The van der Waals surface area contributed by atoms with Crippen LogP contribution in [0.1, 0.15) is 23.6 Å². The van der Waals surface area contributed by atoms with E-state index >= 15 is 0 Å². The normalized spacial score (nSPS) is 23.6. The van der Waals surface area contributed by atoms with E-state index in [0.717, 1.165) is 34.8 Å². The maximum absolute atomic E-state index is 12.7. The Hall–Kier alpha value is -2.59. The van der Waals surface area contributed by atoms with Crippen LogP contribution in [-0.2, 0) is 17.3 Å². The molecule has 1 N–H and O–H groups in total. The predicted octanol–water partition coefficient (Wildman–Crippen LogP) is 4.12. The highest BCUT2D eigenvalue weighted by atomic mass is 35.5. The average molecular weight is 350 g/mol. The third kappa shape index (κ3) is 2.01. The van der Waals surface area contributed by atoms with Crippen LogP contribution in [0.5, 0.6) is 0 Å². The summed E-state index contributed by atoms with van der Waals surface area (Å²) in [5.74, 6) is 0.147. The van der Waals surface area contributed by atoms with Crippen molar-refractivity contribution in [3.8, 4) is 11.4 Å². The van der Waals surface area contributed by atoms with E-state index in [0.29, 0.717) is 5.02 Å². The molecule has 2 aromatic heterocycles. The monoisotopic (exact) mass is 349 g/mol. The van der Waals surface area contributed by atoms with Crippen molar-refractivity contribution >= 4 is 23.2 Å². The summed E-state index contributed by atoms with van der Waals surface area (Å²) in [6.07, 6.45) is 2.78. The van der Waals surface area contributed by atoms with Gasteiger partial charge in [0, 0.05) is 35.6 Å². The van der Waals surface area contributed by atoms with E-state index in [4.69, 9.17) is 16.6 Å². The van der Waals surface area contributed by atoms with Crippen molar-refractivity contribution in [3.05, 3.63) is 71.0 Å². The molecule has 3 aromatic rings. The van der Waals surface area contributed by atoms with Gasteiger partial charge >= 0.3 is 0 Å². The number of rotatable bonds is 2. The van der Waals surface area contributed by atoms with Gasteiger partial charge in [0.2, 0.25) is 5.91 Å². The fourth-order valence-electron chi connectivity index (χ4n) is 4.03. The Morgan fingerprint density at radius 2 is 2.12 bits per heavy atom. The van der Waals surface area contributed by atoms with Crippen LogP contribution in [-0.4, -0.2) is 15.5 Å². The lowest BCUT2D eigenvalue weighted by atomic mass is 9.93. The van der Waals surface area contributed by atoms with Crippen molar-refractivity contribution in [2.45, 2.75) is 17.8 Å². The number of hydrogen-bond donors (Lipinski definition) is 1. The van der Waals surface area contributed by atoms with Crippen LogP contribution in [0.25, 0.3) is 11.4 Å². The zero-order chi connectivity index (χ0) is 17.2. The van der Waals surface area contributed by atoms with Gasteiger partial charge in [-0.3, -0.25) is 9.78 Å². The lowest BCUT2D eigenvalue weighted by molar-refractivity contribution is -0.118. The van der Waals surface area contributed by atoms with Gasteiger partial charge in [-0.25, -0.2) is 0 Å². The summed E-state index contributed by atoms with van der Waals surface area (Å²) in [6, 6.07) is 15.7. The molecular formula is C20H16ClN3O. The largest absolute Gasteiger partial charge is 0.349 e. The molecule has 0 saturated heterocycles. The summed E-state index contributed by atoms with van der Waals surface area (Å²) in [6.45, 7) is 0. The lowest BCUT2D eigenvalue weighted by Gasteiger charge is -2.10. The maximum Gasteiger partial charge on any atom is 0.235 e. The minimum Gasteiger partial charge on any atom is -0.349 e. The molecule has 2 aliphatic rings. The molecule has 0 unspecified atom stereocenters. The van der Waals surface area contributed by atoms with Crippen molar-refractivity contribution in [2.75, 3.05) is 5.32 Å². The molecule has 1 spiro atoms. The van der Waals surface area contributed by atoms with Crippen LogP contribution in [0.4, 0.5) is 5.69 Å². The highest BCUT2D eigenvalue weighted by Crippen LogP contribution is 2.64. The third-order valence-corrected chi connectivity index (χ3v) is 5.65. The molecule has 0 radical (unpaired) electrons. The van der Waals surface area contributed by atoms with Crippen molar-refractivity contribution in [2.24, 2.45) is 7.05 Å². The van der Waals surface area contributed by atoms with Gasteiger partial charge in [0.25, 0.3) is 0 Å². The van der Waals surface area contributed by atoms with E-state index < -0.39 is 5.41 Å². The fraction of sp³-hybridized carbons (Fsp3) is 0.200. The molecule has 1 aliphatic carbocycles. The van der Waals surface area contributed by atoms with Crippen LogP contribution in [0.3, 0.4) is 0 Å². The number of anilines is 1. The Bertz CT molecular complexity index is 1030. The minimum absolute atomic E-state index is 0.0563. The molecule has 1 saturated carbocycles. The minimum atomic E-state index is -0.514. The molecule has 1 aromatic carbocycles. The molecule has 25 heavy (non-hydrogen) atoms. The Kier molecular flexibility index (Phi) is 2.92. The zero-order valence-corrected chi connectivity index (χ0v) is 14.4. The third-order valence-electron chi connectivity index (χ3n) is 5.41. The van der Waals surface area contributed by atoms with Crippen LogP contribution >= 0.6 is 11.6 Å². The van der Waals surface area contributed by atoms with E-state index in [-0.39, 0.29) is 11.8 Å². The van der Waals surface area contributed by atoms with Gasteiger partial charge < -0.3 is 9.88 Å². The molecular weight excluding hydrogens is 334 g/mol. The second kappa shape index (κ2) is 4.96. The topological polar surface area (TPSA) is 46.9 Å². The van der Waals surface area contributed by atoms with Crippen molar-refractivity contribution in [1.82, 2.24) is 9.55 Å². The SMILES string of the molecule is Cn1cccc1-c1cccc([C@H]2C[C@]23C(=O)Nc2ccc(Cl)cc23)n1. The number of aromatic nitrogens is 2. The summed E-state index contributed by atoms with van der Waals surface area (Å²) in [4.78, 5) is 17.5. The zero-order valence-electron chi connectivity index (χ0n) is 13.7. The number of hydrogen-bond acceptors (Lipinski definition) is 2. The highest BCUT2D eigenvalue weighted by molar-refractivity contribution is 6.31. The molecule has 124 valence electrons. The van der Waals surface area contributed by atoms with E-state index in [1.807, 2.05) is 66.3 Å². The number of nitrogens with one attached hydrogen (secondary N) is 1. The first-order valence-electron chi connectivity index (χ1n) is 8.30. The van der Waals surface area contributed by atoms with E-state index in [1.54, 1.807) is 0 Å². The summed E-state index contributed by atoms with van der Waals surface area (Å²) < 4.78 is 2.05. The second-order valence-electron chi connectivity index (χ2n) is 6.82. The number of halogens is 1. The average Bonchev–Trinajstić information content (AvgIpc) is 3.14. The molecule has 5 heteroatoms. The molecule has 1 fully saturated rings. The Labute approximate surface area is 150 Å². The number of carbonyl (C=O) groups excluding carboxylic acids is 1. The smallest absolute Gasteiger partial charge is 0.235 e. The van der Waals surface area contributed by atoms with Gasteiger partial charge in [-0.2, -0.15) is 0 Å². The van der Waals surface area contributed by atoms with E-state index in [1.165, 1.54) is 0 Å². The molecule has 0 bridgehead atoms. The summed E-state index contributed by atoms with van der Waals surface area (Å²) in [5, 5.41) is 3.66. The molecule has 5 rings (SSSR count). The van der Waals surface area contributed by atoms with Gasteiger partial charge in [-0.15, -0.1) is 0 Å². The fourth-order valence-corrected chi connectivity index (χ4v) is 4.21. The summed E-state index contributed by atoms with van der Waals surface area (Å²) in [5.41, 5.74) is 4.31. The van der Waals surface area contributed by atoms with Crippen molar-refractivity contribution in [1.29, 1.82) is 0 Å². The first-order valence-corrected chi connectivity index (χ1v) is 8.67. The number of nitrogens with zero attached hydrogens (tertiary/aromatic N) is 2. The molecule has 1 amide bonds. The number of amides is 1. The van der Waals surface area contributed by atoms with E-state index in [2.05, 4.69) is 5.32 Å². The number of carbonyl (C=O) groups is 1. The maximum atomic E-state index is 12.7. The number of fused-ring (bicyclic) bond motifs is 2. The molecule has 2 atom stereocenters. The number of pyridine rings is 1. The Balaban J connectivity index is 1.57. The predicted molar refractivity (Wildman–Crippen MR) is 97.8 cm³/mol. The van der Waals surface area contributed by atoms with Crippen LogP contribution in [0.15, 0.2) is 54.7 Å². The first kappa shape index (κ1) is 14.7. The molecule has 3 heterocycles. The first-order chi connectivity index (χ1) is 12.1. The van der Waals surface area contributed by atoms with Gasteiger partial charge in [-0.05, 0) is 54.4 Å². The highest BCUT2D eigenvalue weighted by Gasteiger charge is 2.65. The van der Waals surface area contributed by atoms with Crippen LogP contribution < -0.4 is 5.32 Å². The summed E-state index contributed by atoms with van der Waals surface area (Å²) in [7, 11) is 2.00. The second-order valence-corrected chi connectivity index (χ2v) is 7.26. The van der Waals surface area contributed by atoms with Crippen molar-refractivity contribution in [3.63, 3.8) is 0 Å². The summed E-state index contributed by atoms with van der Waals surface area (Å²) >= 11 is 6.17. The Morgan fingerprint density at radius 3 is 2.92 bits per heavy atom. The van der Waals surface area contributed by atoms with Crippen molar-refractivity contribution < 1.29 is 4.79 Å². The van der Waals surface area contributed by atoms with Crippen LogP contribution in [0, 0.1) is 0 Å². The standard InChI is InChI=1S/C20H16ClN3O/c1-24-9-3-6-18(24)17-5-2-4-15(22-17)14-11-20(14)13-10-12(21)7-8-16(13)23-19(20)25/h2-10,14H,11H2,1H3,(H,23,25)/t14-,20-/m1/s1. The van der Waals surface area contributed by atoms with Gasteiger partial charge in [0.15, 0.2) is 0 Å². The van der Waals surface area contributed by atoms with Gasteiger partial charge in [0.05, 0.1) is 16.8 Å². The van der Waals surface area contributed by atoms with E-state index in [9.17, 15) is 4.79 Å². The lowest BCUT2D eigenvalue weighted by Crippen LogP contribution is -2.21. The Morgan fingerprint density at radius 1 is 1.24 bits per heavy atom. The molecule has 1 aliphatic heterocycles. The van der Waals surface area contributed by atoms with Crippen LogP contribution in [0.2, 0.25) is 5.02 Å². The number of aryl methyl sites for hydroxylation is 1. The van der Waals surface area contributed by atoms with Gasteiger partial charge in [-0.1, -0.05) is 17.7 Å². The number of benzene rings is 1.